The Bertz CT molecular complexity index is 535. The first-order valence-corrected chi connectivity index (χ1v) is 6.90. The summed E-state index contributed by atoms with van der Waals surface area (Å²) >= 11 is 4.37. The van der Waals surface area contributed by atoms with Gasteiger partial charge in [-0.05, 0) is 35.0 Å². The van der Waals surface area contributed by atoms with E-state index in [2.05, 4.69) is 30.8 Å². The minimum atomic E-state index is -0.351. The van der Waals surface area contributed by atoms with Crippen LogP contribution in [-0.2, 0) is 6.61 Å². The molecule has 7 heteroatoms. The molecule has 0 aliphatic heterocycles. The lowest BCUT2D eigenvalue weighted by Crippen LogP contribution is -2.02. The van der Waals surface area contributed by atoms with Gasteiger partial charge in [-0.15, -0.1) is 5.10 Å². The molecule has 0 aliphatic rings. The van der Waals surface area contributed by atoms with Crippen molar-refractivity contribution in [2.45, 2.75) is 13.5 Å². The summed E-state index contributed by atoms with van der Waals surface area (Å²) in [5.41, 5.74) is 0.727. The van der Waals surface area contributed by atoms with E-state index in [1.54, 1.807) is 12.1 Å². The maximum atomic E-state index is 13.3. The molecule has 0 saturated heterocycles. The van der Waals surface area contributed by atoms with E-state index in [1.165, 1.54) is 17.6 Å². The highest BCUT2D eigenvalue weighted by Gasteiger charge is 2.08. The van der Waals surface area contributed by atoms with Crippen LogP contribution >= 0.6 is 27.5 Å². The first-order chi connectivity index (χ1) is 8.70. The highest BCUT2D eigenvalue weighted by Crippen LogP contribution is 2.23. The van der Waals surface area contributed by atoms with Crippen LogP contribution < -0.4 is 10.1 Å². The lowest BCUT2D eigenvalue weighted by molar-refractivity contribution is 0.300. The summed E-state index contributed by atoms with van der Waals surface area (Å²) in [5.74, 6) is 0.113. The number of hydrogen-bond acceptors (Lipinski definition) is 5. The Balaban J connectivity index is 2.02. The third-order valence-corrected chi connectivity index (χ3v) is 3.53. The van der Waals surface area contributed by atoms with E-state index in [-0.39, 0.29) is 12.4 Å². The van der Waals surface area contributed by atoms with Crippen LogP contribution in [0.15, 0.2) is 22.7 Å². The highest BCUT2D eigenvalue weighted by molar-refractivity contribution is 9.10. The molecule has 0 amide bonds. The van der Waals surface area contributed by atoms with Crippen molar-refractivity contribution in [1.29, 1.82) is 0 Å². The first-order valence-electron chi connectivity index (χ1n) is 5.33. The molecule has 2 aromatic rings. The Morgan fingerprint density at radius 1 is 1.50 bits per heavy atom. The average Bonchev–Trinajstić information content (AvgIpc) is 2.79. The van der Waals surface area contributed by atoms with Crippen LogP contribution in [0.3, 0.4) is 0 Å². The smallest absolute Gasteiger partial charge is 0.141 e. The van der Waals surface area contributed by atoms with E-state index in [9.17, 15) is 4.39 Å². The second kappa shape index (κ2) is 6.10. The molecule has 1 heterocycles. The largest absolute Gasteiger partial charge is 0.487 e. The van der Waals surface area contributed by atoms with Gasteiger partial charge in [0.15, 0.2) is 0 Å². The summed E-state index contributed by atoms with van der Waals surface area (Å²) in [6.07, 6.45) is 0. The van der Waals surface area contributed by atoms with Gasteiger partial charge < -0.3 is 10.1 Å². The number of halogens is 2. The Hall–Kier alpha value is -1.21. The van der Waals surface area contributed by atoms with Crippen molar-refractivity contribution in [3.63, 3.8) is 0 Å². The average molecular weight is 332 g/mol. The van der Waals surface area contributed by atoms with E-state index in [0.717, 1.165) is 17.2 Å². The summed E-state index contributed by atoms with van der Waals surface area (Å²) in [6, 6.07) is 4.63. The molecule has 0 unspecified atom stereocenters. The predicted octanol–water partition coefficient (Wildman–Crippen LogP) is 3.45. The second-order valence-electron chi connectivity index (χ2n) is 3.44. The van der Waals surface area contributed by atoms with Crippen LogP contribution in [0.4, 0.5) is 9.39 Å². The number of anilines is 1. The van der Waals surface area contributed by atoms with Gasteiger partial charge in [0.05, 0.1) is 4.47 Å². The van der Waals surface area contributed by atoms with Crippen LogP contribution in [0.25, 0.3) is 0 Å². The number of nitrogens with one attached hydrogen (secondary N) is 1. The summed E-state index contributed by atoms with van der Waals surface area (Å²) in [5, 5.41) is 8.00. The number of hydrogen-bond donors (Lipinski definition) is 1. The number of nitrogens with zero attached hydrogens (tertiary/aromatic N) is 2. The molecule has 1 aromatic carbocycles. The van der Waals surface area contributed by atoms with Crippen molar-refractivity contribution in [3.8, 4) is 5.75 Å². The molecule has 1 aromatic heterocycles. The van der Waals surface area contributed by atoms with Gasteiger partial charge in [0.2, 0.25) is 0 Å². The number of aromatic nitrogens is 2. The molecule has 4 nitrogen and oxygen atoms in total. The van der Waals surface area contributed by atoms with Gasteiger partial charge in [0, 0.05) is 24.1 Å². The number of rotatable bonds is 5. The SMILES string of the molecule is CCNc1snnc1COc1ccc(Br)c(F)c1. The van der Waals surface area contributed by atoms with Crippen molar-refractivity contribution in [1.82, 2.24) is 9.59 Å². The quantitative estimate of drug-likeness (QED) is 0.911. The number of ether oxygens (including phenoxy) is 1. The second-order valence-corrected chi connectivity index (χ2v) is 5.05. The van der Waals surface area contributed by atoms with Gasteiger partial charge in [-0.2, -0.15) is 0 Å². The normalized spacial score (nSPS) is 10.4. The summed E-state index contributed by atoms with van der Waals surface area (Å²) in [6.45, 7) is 3.05. The molecule has 18 heavy (non-hydrogen) atoms. The summed E-state index contributed by atoms with van der Waals surface area (Å²) in [4.78, 5) is 0. The third-order valence-electron chi connectivity index (χ3n) is 2.16. The summed E-state index contributed by atoms with van der Waals surface area (Å²) in [7, 11) is 0. The van der Waals surface area contributed by atoms with Crippen LogP contribution in [0.1, 0.15) is 12.6 Å². The molecule has 0 spiro atoms. The maximum absolute atomic E-state index is 13.3. The van der Waals surface area contributed by atoms with E-state index in [1.807, 2.05) is 6.92 Å². The van der Waals surface area contributed by atoms with E-state index >= 15 is 0 Å². The minimum absolute atomic E-state index is 0.264. The lowest BCUT2D eigenvalue weighted by atomic mass is 10.3. The van der Waals surface area contributed by atoms with Gasteiger partial charge in [0.1, 0.15) is 28.9 Å². The fourth-order valence-corrected chi connectivity index (χ4v) is 2.20. The zero-order valence-electron chi connectivity index (χ0n) is 9.61. The van der Waals surface area contributed by atoms with Crippen molar-refractivity contribution < 1.29 is 9.13 Å². The van der Waals surface area contributed by atoms with Gasteiger partial charge in [0.25, 0.3) is 0 Å². The molecule has 0 aliphatic carbocycles. The van der Waals surface area contributed by atoms with Crippen molar-refractivity contribution in [2.24, 2.45) is 0 Å². The molecular weight excluding hydrogens is 321 g/mol. The lowest BCUT2D eigenvalue weighted by Gasteiger charge is -2.06. The molecule has 96 valence electrons. The number of benzene rings is 1. The topological polar surface area (TPSA) is 47.0 Å². The maximum Gasteiger partial charge on any atom is 0.141 e. The molecule has 0 radical (unpaired) electrons. The van der Waals surface area contributed by atoms with Crippen LogP contribution in [0.2, 0.25) is 0 Å². The first kappa shape index (κ1) is 13.2. The predicted molar refractivity (Wildman–Crippen MR) is 72.5 cm³/mol. The van der Waals surface area contributed by atoms with Crippen molar-refractivity contribution >= 4 is 32.5 Å². The Morgan fingerprint density at radius 2 is 2.33 bits per heavy atom. The zero-order valence-corrected chi connectivity index (χ0v) is 12.0. The Morgan fingerprint density at radius 3 is 3.06 bits per heavy atom. The molecule has 0 saturated carbocycles. The van der Waals surface area contributed by atoms with Crippen molar-refractivity contribution in [3.05, 3.63) is 34.2 Å². The molecule has 2 rings (SSSR count). The van der Waals surface area contributed by atoms with E-state index in [0.29, 0.717) is 10.2 Å². The molecule has 0 atom stereocenters. The van der Waals surface area contributed by atoms with Gasteiger partial charge in [-0.1, -0.05) is 4.49 Å². The fraction of sp³-hybridized carbons (Fsp3) is 0.273. The van der Waals surface area contributed by atoms with Crippen LogP contribution in [0.5, 0.6) is 5.75 Å². The Kier molecular flexibility index (Phi) is 4.48. The Labute approximate surface area is 116 Å². The highest BCUT2D eigenvalue weighted by atomic mass is 79.9. The van der Waals surface area contributed by atoms with Crippen LogP contribution in [0, 0.1) is 5.82 Å². The molecule has 0 fully saturated rings. The van der Waals surface area contributed by atoms with Crippen molar-refractivity contribution in [2.75, 3.05) is 11.9 Å². The van der Waals surface area contributed by atoms with E-state index in [4.69, 9.17) is 4.74 Å². The summed E-state index contributed by atoms with van der Waals surface area (Å²) < 4.78 is 23.0. The van der Waals surface area contributed by atoms with Crippen LogP contribution in [-0.4, -0.2) is 16.1 Å². The molecule has 0 bridgehead atoms. The monoisotopic (exact) mass is 331 g/mol. The minimum Gasteiger partial charge on any atom is -0.487 e. The van der Waals surface area contributed by atoms with E-state index < -0.39 is 0 Å². The third kappa shape index (κ3) is 3.17. The van der Waals surface area contributed by atoms with Gasteiger partial charge in [-0.25, -0.2) is 4.39 Å². The standard InChI is InChI=1S/C11H11BrFN3OS/c1-2-14-11-10(15-16-18-11)6-17-7-3-4-8(12)9(13)5-7/h3-5,14H,2,6H2,1H3. The zero-order chi connectivity index (χ0) is 13.0. The van der Waals surface area contributed by atoms with Gasteiger partial charge in [-0.3, -0.25) is 0 Å². The molecule has 1 N–H and O–H groups in total. The van der Waals surface area contributed by atoms with Gasteiger partial charge >= 0.3 is 0 Å². The molecular formula is C11H11BrFN3OS. The fourth-order valence-electron chi connectivity index (χ4n) is 1.32.